The van der Waals surface area contributed by atoms with E-state index >= 15 is 0 Å². The smallest absolute Gasteiger partial charge is 0.308 e. The van der Waals surface area contributed by atoms with Crippen LogP contribution in [0.15, 0.2) is 24.3 Å². The minimum atomic E-state index is -0.439. The number of carbonyl (C=O) groups is 2. The highest BCUT2D eigenvalue weighted by Crippen LogP contribution is 2.62. The molecule has 2 heterocycles. The first-order valence-corrected chi connectivity index (χ1v) is 9.49. The molecule has 27 heavy (non-hydrogen) atoms. The molecule has 6 nitrogen and oxygen atoms in total. The molecule has 1 aromatic carbocycles. The van der Waals surface area contributed by atoms with E-state index in [1.807, 2.05) is 12.1 Å². The molecule has 2 aliphatic heterocycles. The zero-order valence-corrected chi connectivity index (χ0v) is 15.7. The van der Waals surface area contributed by atoms with Crippen LogP contribution in [0.5, 0.6) is 11.5 Å². The summed E-state index contributed by atoms with van der Waals surface area (Å²) in [6, 6.07) is 4.28. The van der Waals surface area contributed by atoms with Gasteiger partial charge in [-0.15, -0.1) is 0 Å². The first-order valence-electron chi connectivity index (χ1n) is 9.49. The maximum atomic E-state index is 11.7. The summed E-state index contributed by atoms with van der Waals surface area (Å²) in [5, 5.41) is 0. The predicted octanol–water partition coefficient (Wildman–Crippen LogP) is 1.99. The highest BCUT2D eigenvalue weighted by Gasteiger charge is 2.65. The summed E-state index contributed by atoms with van der Waals surface area (Å²) in [7, 11) is 2.17. The number of hydrogen-bond donors (Lipinski definition) is 0. The molecule has 0 aromatic heterocycles. The average molecular weight is 369 g/mol. The maximum Gasteiger partial charge on any atom is 0.308 e. The van der Waals surface area contributed by atoms with Crippen molar-refractivity contribution in [1.29, 1.82) is 0 Å². The lowest BCUT2D eigenvalue weighted by Gasteiger charge is -2.56. The summed E-state index contributed by atoms with van der Waals surface area (Å²) < 4.78 is 17.5. The zero-order valence-electron chi connectivity index (χ0n) is 15.7. The molecule has 5 atom stereocenters. The van der Waals surface area contributed by atoms with Crippen LogP contribution in [-0.2, 0) is 26.2 Å². The molecule has 1 spiro atoms. The van der Waals surface area contributed by atoms with Crippen molar-refractivity contribution >= 4 is 11.9 Å². The van der Waals surface area contributed by atoms with Crippen LogP contribution in [0.3, 0.4) is 0 Å². The lowest BCUT2D eigenvalue weighted by atomic mass is 9.53. The number of benzene rings is 1. The Kier molecular flexibility index (Phi) is 3.47. The Morgan fingerprint density at radius 1 is 1.22 bits per heavy atom. The summed E-state index contributed by atoms with van der Waals surface area (Å²) in [6.07, 6.45) is 5.31. The van der Waals surface area contributed by atoms with Crippen LogP contribution >= 0.6 is 0 Å². The molecule has 0 N–H and O–H groups in total. The third kappa shape index (κ3) is 2.16. The fourth-order valence-corrected chi connectivity index (χ4v) is 5.74. The van der Waals surface area contributed by atoms with Gasteiger partial charge in [-0.2, -0.15) is 0 Å². The summed E-state index contributed by atoms with van der Waals surface area (Å²) in [5.41, 5.74) is 2.15. The standard InChI is InChI=1S/C21H23NO5/c1-11(23)25-16-6-4-13-10-15-14-5-7-17(26-12(2)24)20-21(14,8-9-22(15)3)18(13)19(16)27-20/h4-7,14-15,17,20H,8-10H2,1-3H3/t14?,15-,17?,20?,21+/m1/s1. The van der Waals surface area contributed by atoms with Crippen molar-refractivity contribution in [2.24, 2.45) is 5.92 Å². The molecule has 2 bridgehead atoms. The summed E-state index contributed by atoms with van der Waals surface area (Å²) in [4.78, 5) is 25.7. The van der Waals surface area contributed by atoms with E-state index in [9.17, 15) is 9.59 Å². The van der Waals surface area contributed by atoms with Gasteiger partial charge in [-0.1, -0.05) is 12.1 Å². The fraction of sp³-hybridized carbons (Fsp3) is 0.524. The van der Waals surface area contributed by atoms with Gasteiger partial charge in [-0.05, 0) is 44.1 Å². The van der Waals surface area contributed by atoms with Gasteiger partial charge in [0.15, 0.2) is 17.6 Å². The van der Waals surface area contributed by atoms with E-state index in [2.05, 4.69) is 24.1 Å². The number of ether oxygens (including phenoxy) is 3. The van der Waals surface area contributed by atoms with Gasteiger partial charge in [-0.3, -0.25) is 9.59 Å². The van der Waals surface area contributed by atoms with E-state index in [0.29, 0.717) is 17.5 Å². The Morgan fingerprint density at radius 3 is 2.78 bits per heavy atom. The van der Waals surface area contributed by atoms with Crippen LogP contribution in [0.1, 0.15) is 31.4 Å². The Hall–Kier alpha value is -2.34. The second-order valence-electron chi connectivity index (χ2n) is 8.09. The van der Waals surface area contributed by atoms with Crippen molar-refractivity contribution in [1.82, 2.24) is 4.90 Å². The Labute approximate surface area is 158 Å². The molecule has 0 saturated carbocycles. The second kappa shape index (κ2) is 5.58. The monoisotopic (exact) mass is 369 g/mol. The highest BCUT2D eigenvalue weighted by atomic mass is 16.6. The lowest BCUT2D eigenvalue weighted by Crippen LogP contribution is -2.65. The zero-order chi connectivity index (χ0) is 18.9. The Bertz CT molecular complexity index is 878. The van der Waals surface area contributed by atoms with Crippen molar-refractivity contribution in [3.05, 3.63) is 35.4 Å². The van der Waals surface area contributed by atoms with Gasteiger partial charge < -0.3 is 19.1 Å². The number of rotatable bonds is 2. The molecule has 1 fully saturated rings. The Balaban J connectivity index is 1.71. The lowest BCUT2D eigenvalue weighted by molar-refractivity contribution is -0.152. The van der Waals surface area contributed by atoms with Crippen molar-refractivity contribution in [3.63, 3.8) is 0 Å². The normalized spacial score (nSPS) is 35.2. The van der Waals surface area contributed by atoms with Crippen LogP contribution in [-0.4, -0.2) is 48.7 Å². The quantitative estimate of drug-likeness (QED) is 0.451. The van der Waals surface area contributed by atoms with Gasteiger partial charge in [0.2, 0.25) is 0 Å². The maximum absolute atomic E-state index is 11.7. The van der Waals surface area contributed by atoms with E-state index in [0.717, 1.165) is 24.9 Å². The van der Waals surface area contributed by atoms with Crippen molar-refractivity contribution in [3.8, 4) is 11.5 Å². The predicted molar refractivity (Wildman–Crippen MR) is 96.8 cm³/mol. The molecule has 1 aromatic rings. The van der Waals surface area contributed by atoms with Crippen molar-refractivity contribution in [2.75, 3.05) is 13.6 Å². The number of hydrogen-bond acceptors (Lipinski definition) is 6. The first-order chi connectivity index (χ1) is 12.9. The molecule has 0 amide bonds. The average Bonchev–Trinajstić information content (AvgIpc) is 2.95. The topological polar surface area (TPSA) is 65.1 Å². The molecule has 4 aliphatic rings. The molecule has 3 unspecified atom stereocenters. The first kappa shape index (κ1) is 16.8. The van der Waals surface area contributed by atoms with Crippen molar-refractivity contribution < 1.29 is 23.8 Å². The van der Waals surface area contributed by atoms with Gasteiger partial charge in [0.25, 0.3) is 0 Å². The molecule has 2 aliphatic carbocycles. The highest BCUT2D eigenvalue weighted by molar-refractivity contribution is 5.73. The number of esters is 2. The summed E-state index contributed by atoms with van der Waals surface area (Å²) >= 11 is 0. The minimum Gasteiger partial charge on any atom is -0.481 e. The second-order valence-corrected chi connectivity index (χ2v) is 8.09. The molecular weight excluding hydrogens is 346 g/mol. The van der Waals surface area contributed by atoms with Crippen LogP contribution < -0.4 is 9.47 Å². The van der Waals surface area contributed by atoms with E-state index in [4.69, 9.17) is 14.2 Å². The number of nitrogens with zero attached hydrogens (tertiary/aromatic N) is 1. The largest absolute Gasteiger partial charge is 0.481 e. The molecule has 1 saturated heterocycles. The summed E-state index contributed by atoms with van der Waals surface area (Å²) in [6.45, 7) is 3.77. The fourth-order valence-electron chi connectivity index (χ4n) is 5.74. The molecule has 5 rings (SSSR count). The van der Waals surface area contributed by atoms with Crippen LogP contribution in [0.2, 0.25) is 0 Å². The third-order valence-corrected chi connectivity index (χ3v) is 6.67. The third-order valence-electron chi connectivity index (χ3n) is 6.67. The summed E-state index contributed by atoms with van der Waals surface area (Å²) in [5.74, 6) is 0.712. The van der Waals surface area contributed by atoms with E-state index in [1.54, 1.807) is 0 Å². The van der Waals surface area contributed by atoms with Crippen LogP contribution in [0, 0.1) is 5.92 Å². The minimum absolute atomic E-state index is 0.245. The van der Waals surface area contributed by atoms with Crippen molar-refractivity contribution in [2.45, 2.75) is 50.4 Å². The van der Waals surface area contributed by atoms with Crippen LogP contribution in [0.25, 0.3) is 0 Å². The van der Waals surface area contributed by atoms with Gasteiger partial charge in [0.05, 0.1) is 0 Å². The van der Waals surface area contributed by atoms with E-state index in [1.165, 1.54) is 19.4 Å². The molecular formula is C21H23NO5. The van der Waals surface area contributed by atoms with E-state index < -0.39 is 6.10 Å². The molecule has 6 heteroatoms. The number of likely N-dealkylation sites (N-methyl/N-ethyl adjacent to an activating group) is 1. The number of likely N-dealkylation sites (tertiary alicyclic amines) is 1. The van der Waals surface area contributed by atoms with Gasteiger partial charge in [0.1, 0.15) is 6.10 Å². The van der Waals surface area contributed by atoms with Gasteiger partial charge in [-0.25, -0.2) is 0 Å². The molecule has 0 radical (unpaired) electrons. The Morgan fingerprint density at radius 2 is 2.04 bits per heavy atom. The SMILES string of the molecule is CC(=O)Oc1ccc2c3c1OC1C(OC(C)=O)C=CC4[C@@H](C2)N(C)CC[C@]314. The van der Waals surface area contributed by atoms with E-state index in [-0.39, 0.29) is 29.4 Å². The number of carbonyl (C=O) groups excluding carboxylic acids is 2. The van der Waals surface area contributed by atoms with Crippen LogP contribution in [0.4, 0.5) is 0 Å². The van der Waals surface area contributed by atoms with Gasteiger partial charge >= 0.3 is 11.9 Å². The van der Waals surface area contributed by atoms with Gasteiger partial charge in [0, 0.05) is 36.8 Å². The number of piperidine rings is 1. The molecule has 142 valence electrons.